The first-order valence-electron chi connectivity index (χ1n) is 8.20. The van der Waals surface area contributed by atoms with Crippen LogP contribution in [0.5, 0.6) is 0 Å². The van der Waals surface area contributed by atoms with Gasteiger partial charge in [-0.25, -0.2) is 0 Å². The Morgan fingerprint density at radius 1 is 0.960 bits per heavy atom. The molecule has 0 bridgehead atoms. The Bertz CT molecular complexity index is 749. The number of amides is 2. The molecule has 2 rings (SSSR count). The van der Waals surface area contributed by atoms with Crippen molar-refractivity contribution in [2.24, 2.45) is 0 Å². The Hall–Kier alpha value is -2.33. The van der Waals surface area contributed by atoms with Gasteiger partial charge in [-0.1, -0.05) is 68.8 Å². The van der Waals surface area contributed by atoms with E-state index in [4.69, 9.17) is 11.6 Å². The van der Waals surface area contributed by atoms with E-state index in [0.29, 0.717) is 17.0 Å². The van der Waals surface area contributed by atoms with Gasteiger partial charge < -0.3 is 0 Å². The maximum absolute atomic E-state index is 12.0. The number of halogens is 1. The molecular formula is C20H23ClN2O2. The molecule has 5 heteroatoms. The molecule has 2 aromatic carbocycles. The minimum Gasteiger partial charge on any atom is -0.273 e. The van der Waals surface area contributed by atoms with Crippen molar-refractivity contribution in [1.29, 1.82) is 0 Å². The lowest BCUT2D eigenvalue weighted by Crippen LogP contribution is -2.41. The summed E-state index contributed by atoms with van der Waals surface area (Å²) in [5, 5.41) is 0.341. The standard InChI is InChI=1S/C20H23ClN2O2/c1-20(2,3)15-11-8-14(9-12-15)10-13-18(24)22-23-19(25)16-6-4-5-7-17(16)21/h4-9,11-12H,10,13H2,1-3H3,(H,22,24)(H,23,25). The Kier molecular flexibility index (Phi) is 6.21. The number of hydrazine groups is 1. The number of hydrogen-bond acceptors (Lipinski definition) is 2. The van der Waals surface area contributed by atoms with Crippen LogP contribution in [0.2, 0.25) is 5.02 Å². The highest BCUT2D eigenvalue weighted by Gasteiger charge is 2.13. The lowest BCUT2D eigenvalue weighted by molar-refractivity contribution is -0.121. The first-order chi connectivity index (χ1) is 11.8. The van der Waals surface area contributed by atoms with E-state index >= 15 is 0 Å². The van der Waals surface area contributed by atoms with E-state index in [-0.39, 0.29) is 17.7 Å². The fourth-order valence-electron chi connectivity index (χ4n) is 2.33. The molecule has 0 heterocycles. The quantitative estimate of drug-likeness (QED) is 0.810. The monoisotopic (exact) mass is 358 g/mol. The van der Waals surface area contributed by atoms with Gasteiger partial charge in [0.15, 0.2) is 0 Å². The van der Waals surface area contributed by atoms with Crippen LogP contribution in [0.25, 0.3) is 0 Å². The first kappa shape index (κ1) is 19.0. The van der Waals surface area contributed by atoms with Crippen molar-refractivity contribution in [2.75, 3.05) is 0 Å². The summed E-state index contributed by atoms with van der Waals surface area (Å²) in [5.41, 5.74) is 7.57. The maximum atomic E-state index is 12.0. The second-order valence-corrected chi connectivity index (χ2v) is 7.34. The van der Waals surface area contributed by atoms with Gasteiger partial charge in [-0.2, -0.15) is 0 Å². The number of hydrogen-bond donors (Lipinski definition) is 2. The first-order valence-corrected chi connectivity index (χ1v) is 8.58. The summed E-state index contributed by atoms with van der Waals surface area (Å²) < 4.78 is 0. The normalized spacial score (nSPS) is 11.0. The molecule has 132 valence electrons. The van der Waals surface area contributed by atoms with Crippen molar-refractivity contribution in [3.8, 4) is 0 Å². The Morgan fingerprint density at radius 2 is 1.60 bits per heavy atom. The molecule has 2 aromatic rings. The molecule has 0 aliphatic heterocycles. The molecular weight excluding hydrogens is 336 g/mol. The van der Waals surface area contributed by atoms with Gasteiger partial charge in [0.2, 0.25) is 5.91 Å². The van der Waals surface area contributed by atoms with Crippen LogP contribution in [0, 0.1) is 0 Å². The third-order valence-corrected chi connectivity index (χ3v) is 4.22. The smallest absolute Gasteiger partial charge is 0.271 e. The average Bonchev–Trinajstić information content (AvgIpc) is 2.58. The maximum Gasteiger partial charge on any atom is 0.271 e. The molecule has 0 spiro atoms. The summed E-state index contributed by atoms with van der Waals surface area (Å²) >= 11 is 5.95. The Labute approximate surface area is 153 Å². The largest absolute Gasteiger partial charge is 0.273 e. The predicted octanol–water partition coefficient (Wildman–Crippen LogP) is 4.03. The SMILES string of the molecule is CC(C)(C)c1ccc(CCC(=O)NNC(=O)c2ccccc2Cl)cc1. The van der Waals surface area contributed by atoms with Crippen molar-refractivity contribution < 1.29 is 9.59 Å². The van der Waals surface area contributed by atoms with Crippen LogP contribution < -0.4 is 10.9 Å². The third kappa shape index (κ3) is 5.61. The zero-order valence-electron chi connectivity index (χ0n) is 14.7. The van der Waals surface area contributed by atoms with Crippen LogP contribution in [0.15, 0.2) is 48.5 Å². The molecule has 0 unspecified atom stereocenters. The molecule has 0 atom stereocenters. The fourth-order valence-corrected chi connectivity index (χ4v) is 2.55. The van der Waals surface area contributed by atoms with Crippen molar-refractivity contribution >= 4 is 23.4 Å². The van der Waals surface area contributed by atoms with Crippen molar-refractivity contribution in [1.82, 2.24) is 10.9 Å². The zero-order valence-corrected chi connectivity index (χ0v) is 15.5. The lowest BCUT2D eigenvalue weighted by Gasteiger charge is -2.19. The summed E-state index contributed by atoms with van der Waals surface area (Å²) in [7, 11) is 0. The van der Waals surface area contributed by atoms with Crippen LogP contribution in [-0.4, -0.2) is 11.8 Å². The van der Waals surface area contributed by atoms with Gasteiger partial charge in [-0.15, -0.1) is 0 Å². The van der Waals surface area contributed by atoms with Crippen LogP contribution in [0.1, 0.15) is 48.7 Å². The van der Waals surface area contributed by atoms with Gasteiger partial charge in [0.05, 0.1) is 10.6 Å². The third-order valence-electron chi connectivity index (χ3n) is 3.89. The summed E-state index contributed by atoms with van der Waals surface area (Å²) in [6.07, 6.45) is 0.899. The fraction of sp³-hybridized carbons (Fsp3) is 0.300. The molecule has 0 fully saturated rings. The van der Waals surface area contributed by atoms with Crippen molar-refractivity contribution in [3.05, 3.63) is 70.2 Å². The average molecular weight is 359 g/mol. The second-order valence-electron chi connectivity index (χ2n) is 6.93. The summed E-state index contributed by atoms with van der Waals surface area (Å²) in [5.74, 6) is -0.686. The van der Waals surface area contributed by atoms with Gasteiger partial charge >= 0.3 is 0 Å². The predicted molar refractivity (Wildman–Crippen MR) is 101 cm³/mol. The van der Waals surface area contributed by atoms with Crippen LogP contribution in [0.3, 0.4) is 0 Å². The van der Waals surface area contributed by atoms with Gasteiger partial charge in [0.1, 0.15) is 0 Å². The molecule has 0 aliphatic carbocycles. The molecule has 0 aromatic heterocycles. The van der Waals surface area contributed by atoms with Gasteiger partial charge in [-0.3, -0.25) is 20.4 Å². The highest BCUT2D eigenvalue weighted by molar-refractivity contribution is 6.33. The highest BCUT2D eigenvalue weighted by Crippen LogP contribution is 2.22. The molecule has 25 heavy (non-hydrogen) atoms. The minimum atomic E-state index is -0.437. The number of carbonyl (C=O) groups excluding carboxylic acids is 2. The lowest BCUT2D eigenvalue weighted by atomic mass is 9.86. The van der Waals surface area contributed by atoms with E-state index in [0.717, 1.165) is 5.56 Å². The Morgan fingerprint density at radius 3 is 2.20 bits per heavy atom. The van der Waals surface area contributed by atoms with E-state index in [9.17, 15) is 9.59 Å². The molecule has 0 saturated carbocycles. The van der Waals surface area contributed by atoms with E-state index in [1.807, 2.05) is 12.1 Å². The van der Waals surface area contributed by atoms with Crippen LogP contribution in [0.4, 0.5) is 0 Å². The number of nitrogens with one attached hydrogen (secondary N) is 2. The van der Waals surface area contributed by atoms with E-state index < -0.39 is 5.91 Å². The molecule has 2 N–H and O–H groups in total. The van der Waals surface area contributed by atoms with Crippen LogP contribution in [-0.2, 0) is 16.6 Å². The summed E-state index contributed by atoms with van der Waals surface area (Å²) in [6, 6.07) is 14.9. The van der Waals surface area contributed by atoms with E-state index in [2.05, 4.69) is 43.8 Å². The van der Waals surface area contributed by atoms with Crippen LogP contribution >= 0.6 is 11.6 Å². The number of carbonyl (C=O) groups is 2. The summed E-state index contributed by atoms with van der Waals surface area (Å²) in [4.78, 5) is 23.9. The van der Waals surface area contributed by atoms with Gasteiger partial charge in [0, 0.05) is 6.42 Å². The summed E-state index contributed by atoms with van der Waals surface area (Å²) in [6.45, 7) is 6.49. The number of rotatable bonds is 4. The molecule has 0 aliphatic rings. The molecule has 2 amide bonds. The molecule has 4 nitrogen and oxygen atoms in total. The number of aryl methyl sites for hydroxylation is 1. The van der Waals surface area contributed by atoms with Gasteiger partial charge in [-0.05, 0) is 35.1 Å². The topological polar surface area (TPSA) is 58.2 Å². The van der Waals surface area contributed by atoms with Crippen molar-refractivity contribution in [2.45, 2.75) is 39.0 Å². The second kappa shape index (κ2) is 8.17. The number of benzene rings is 2. The zero-order chi connectivity index (χ0) is 18.4. The highest BCUT2D eigenvalue weighted by atomic mass is 35.5. The molecule has 0 radical (unpaired) electrons. The molecule has 0 saturated heterocycles. The minimum absolute atomic E-state index is 0.110. The Balaban J connectivity index is 1.81. The van der Waals surface area contributed by atoms with E-state index in [1.54, 1.807) is 24.3 Å². The van der Waals surface area contributed by atoms with Gasteiger partial charge in [0.25, 0.3) is 5.91 Å². The van der Waals surface area contributed by atoms with Crippen molar-refractivity contribution in [3.63, 3.8) is 0 Å². The van der Waals surface area contributed by atoms with E-state index in [1.165, 1.54) is 5.56 Å².